The van der Waals surface area contributed by atoms with E-state index in [0.29, 0.717) is 43.0 Å². The van der Waals surface area contributed by atoms with Crippen molar-refractivity contribution < 1.29 is 19.1 Å². The maximum atomic E-state index is 12.6. The van der Waals surface area contributed by atoms with E-state index in [-0.39, 0.29) is 5.41 Å². The first kappa shape index (κ1) is 16.5. The SMILES string of the molecule is CC1(CCC2=C3CC[C@]4(C)C(=O)CC[C@H]4[C@@H]3CCC2=O)OCCO1. The molecule has 4 rings (SSSR count). The van der Waals surface area contributed by atoms with Gasteiger partial charge in [0.25, 0.3) is 0 Å². The molecule has 1 saturated heterocycles. The topological polar surface area (TPSA) is 52.6 Å². The first-order valence-corrected chi connectivity index (χ1v) is 9.49. The highest BCUT2D eigenvalue weighted by Crippen LogP contribution is 2.57. The third kappa shape index (κ3) is 2.50. The second-order valence-electron chi connectivity index (χ2n) is 8.39. The molecule has 4 nitrogen and oxygen atoms in total. The number of allylic oxidation sites excluding steroid dienone is 2. The van der Waals surface area contributed by atoms with Crippen LogP contribution < -0.4 is 0 Å². The Bertz CT molecular complexity index is 599. The highest BCUT2D eigenvalue weighted by atomic mass is 16.7. The fourth-order valence-electron chi connectivity index (χ4n) is 5.61. The predicted molar refractivity (Wildman–Crippen MR) is 89.4 cm³/mol. The molecule has 1 heterocycles. The van der Waals surface area contributed by atoms with E-state index in [9.17, 15) is 9.59 Å². The van der Waals surface area contributed by atoms with Gasteiger partial charge in [-0.25, -0.2) is 0 Å². The van der Waals surface area contributed by atoms with E-state index in [1.807, 2.05) is 6.92 Å². The summed E-state index contributed by atoms with van der Waals surface area (Å²) >= 11 is 0. The lowest BCUT2D eigenvalue weighted by Gasteiger charge is -2.45. The van der Waals surface area contributed by atoms with Crippen molar-refractivity contribution in [3.05, 3.63) is 11.1 Å². The molecule has 4 aliphatic rings. The summed E-state index contributed by atoms with van der Waals surface area (Å²) in [5.41, 5.74) is 2.27. The van der Waals surface area contributed by atoms with Gasteiger partial charge in [0.1, 0.15) is 5.78 Å². The van der Waals surface area contributed by atoms with Crippen molar-refractivity contribution in [3.63, 3.8) is 0 Å². The molecule has 132 valence electrons. The van der Waals surface area contributed by atoms with Crippen molar-refractivity contribution in [3.8, 4) is 0 Å². The molecular weight excluding hydrogens is 304 g/mol. The van der Waals surface area contributed by atoms with Gasteiger partial charge in [-0.3, -0.25) is 9.59 Å². The van der Waals surface area contributed by atoms with Crippen molar-refractivity contribution in [2.45, 2.75) is 71.0 Å². The molecule has 1 aliphatic heterocycles. The molecule has 0 N–H and O–H groups in total. The fourth-order valence-corrected chi connectivity index (χ4v) is 5.61. The first-order valence-electron chi connectivity index (χ1n) is 9.49. The molecule has 0 bridgehead atoms. The molecule has 2 saturated carbocycles. The van der Waals surface area contributed by atoms with Gasteiger partial charge in [-0.2, -0.15) is 0 Å². The number of carbonyl (C=O) groups excluding carboxylic acids is 2. The molecule has 4 heteroatoms. The third-order valence-corrected chi connectivity index (χ3v) is 7.12. The first-order chi connectivity index (χ1) is 11.4. The van der Waals surface area contributed by atoms with Crippen molar-refractivity contribution in [1.82, 2.24) is 0 Å². The van der Waals surface area contributed by atoms with Gasteiger partial charge in [0.2, 0.25) is 0 Å². The van der Waals surface area contributed by atoms with Gasteiger partial charge < -0.3 is 9.47 Å². The van der Waals surface area contributed by atoms with Crippen LogP contribution in [-0.4, -0.2) is 30.6 Å². The molecular formula is C20H28O4. The zero-order valence-electron chi connectivity index (χ0n) is 14.9. The van der Waals surface area contributed by atoms with Crippen LogP contribution in [0.2, 0.25) is 0 Å². The predicted octanol–water partition coefficient (Wildman–Crippen LogP) is 3.58. The normalized spacial score (nSPS) is 38.4. The van der Waals surface area contributed by atoms with E-state index in [0.717, 1.165) is 50.5 Å². The van der Waals surface area contributed by atoms with Crippen LogP contribution in [0.15, 0.2) is 11.1 Å². The highest BCUT2D eigenvalue weighted by Gasteiger charge is 2.53. The smallest absolute Gasteiger partial charge is 0.166 e. The molecule has 0 amide bonds. The average molecular weight is 332 g/mol. The minimum Gasteiger partial charge on any atom is -0.348 e. The van der Waals surface area contributed by atoms with Crippen molar-refractivity contribution in [1.29, 1.82) is 0 Å². The van der Waals surface area contributed by atoms with Crippen LogP contribution in [0.1, 0.15) is 65.2 Å². The summed E-state index contributed by atoms with van der Waals surface area (Å²) in [5, 5.41) is 0. The number of Topliss-reactive ketones (excluding diaryl/α,β-unsaturated/α-hetero) is 2. The summed E-state index contributed by atoms with van der Waals surface area (Å²) < 4.78 is 11.4. The number of fused-ring (bicyclic) bond motifs is 3. The van der Waals surface area contributed by atoms with E-state index >= 15 is 0 Å². The quantitative estimate of drug-likeness (QED) is 0.792. The Morgan fingerprint density at radius 2 is 1.79 bits per heavy atom. The van der Waals surface area contributed by atoms with Gasteiger partial charge in [0.15, 0.2) is 11.6 Å². The van der Waals surface area contributed by atoms with Crippen LogP contribution in [0.5, 0.6) is 0 Å². The molecule has 0 unspecified atom stereocenters. The van der Waals surface area contributed by atoms with E-state index in [1.54, 1.807) is 0 Å². The standard InChI is InChI=1S/C20H28O4/c1-19-9-7-13-14(16(19)4-6-18(19)22)3-5-17(21)15(13)8-10-20(2)23-11-12-24-20/h14,16H,3-12H2,1-2H3/t14-,16+,19+/m1/s1. The molecule has 3 fully saturated rings. The average Bonchev–Trinajstić information content (AvgIpc) is 3.11. The van der Waals surface area contributed by atoms with E-state index in [1.165, 1.54) is 5.57 Å². The monoisotopic (exact) mass is 332 g/mol. The second kappa shape index (κ2) is 5.77. The lowest BCUT2D eigenvalue weighted by molar-refractivity contribution is -0.146. The Hall–Kier alpha value is -1.00. The lowest BCUT2D eigenvalue weighted by atomic mass is 9.58. The van der Waals surface area contributed by atoms with E-state index < -0.39 is 5.79 Å². The minimum absolute atomic E-state index is 0.136. The second-order valence-corrected chi connectivity index (χ2v) is 8.39. The maximum absolute atomic E-state index is 12.6. The van der Waals surface area contributed by atoms with Crippen LogP contribution in [0.3, 0.4) is 0 Å². The molecule has 0 aromatic heterocycles. The molecule has 0 aromatic carbocycles. The Labute approximate surface area is 144 Å². The summed E-state index contributed by atoms with van der Waals surface area (Å²) in [6.07, 6.45) is 6.65. The third-order valence-electron chi connectivity index (χ3n) is 7.12. The number of carbonyl (C=O) groups is 2. The Morgan fingerprint density at radius 1 is 1.04 bits per heavy atom. The summed E-state index contributed by atoms with van der Waals surface area (Å²) in [6.45, 7) is 5.42. The zero-order valence-corrected chi connectivity index (χ0v) is 14.9. The van der Waals surface area contributed by atoms with Crippen molar-refractivity contribution >= 4 is 11.6 Å². The highest BCUT2D eigenvalue weighted by molar-refractivity contribution is 5.97. The van der Waals surface area contributed by atoms with Crippen LogP contribution in [0.4, 0.5) is 0 Å². The molecule has 3 atom stereocenters. The van der Waals surface area contributed by atoms with Crippen LogP contribution in [0, 0.1) is 17.3 Å². The largest absolute Gasteiger partial charge is 0.348 e. The van der Waals surface area contributed by atoms with Gasteiger partial charge >= 0.3 is 0 Å². The van der Waals surface area contributed by atoms with Crippen LogP contribution >= 0.6 is 0 Å². The molecule has 0 spiro atoms. The van der Waals surface area contributed by atoms with Gasteiger partial charge in [-0.1, -0.05) is 12.5 Å². The van der Waals surface area contributed by atoms with Gasteiger partial charge in [0, 0.05) is 24.7 Å². The summed E-state index contributed by atoms with van der Waals surface area (Å²) in [5.74, 6) is 1.13. The number of rotatable bonds is 3. The molecule has 3 aliphatic carbocycles. The summed E-state index contributed by atoms with van der Waals surface area (Å²) in [6, 6.07) is 0. The Morgan fingerprint density at radius 3 is 2.54 bits per heavy atom. The van der Waals surface area contributed by atoms with Crippen molar-refractivity contribution in [2.24, 2.45) is 17.3 Å². The molecule has 0 aromatic rings. The van der Waals surface area contributed by atoms with Crippen LogP contribution in [-0.2, 0) is 19.1 Å². The van der Waals surface area contributed by atoms with E-state index in [2.05, 4.69) is 6.92 Å². The van der Waals surface area contributed by atoms with Crippen molar-refractivity contribution in [2.75, 3.05) is 13.2 Å². The molecule has 24 heavy (non-hydrogen) atoms. The number of ketones is 2. The van der Waals surface area contributed by atoms with E-state index in [4.69, 9.17) is 9.47 Å². The number of hydrogen-bond donors (Lipinski definition) is 0. The Kier molecular flexibility index (Phi) is 3.96. The zero-order chi connectivity index (χ0) is 16.9. The Balaban J connectivity index is 1.58. The van der Waals surface area contributed by atoms with Gasteiger partial charge in [-0.05, 0) is 56.4 Å². The van der Waals surface area contributed by atoms with Gasteiger partial charge in [0.05, 0.1) is 13.2 Å². The minimum atomic E-state index is -0.534. The number of ether oxygens (including phenoxy) is 2. The lowest BCUT2D eigenvalue weighted by Crippen LogP contribution is -2.41. The fraction of sp³-hybridized carbons (Fsp3) is 0.800. The maximum Gasteiger partial charge on any atom is 0.166 e. The number of hydrogen-bond acceptors (Lipinski definition) is 4. The van der Waals surface area contributed by atoms with Crippen LogP contribution in [0.25, 0.3) is 0 Å². The summed E-state index contributed by atoms with van der Waals surface area (Å²) in [7, 11) is 0. The summed E-state index contributed by atoms with van der Waals surface area (Å²) in [4.78, 5) is 25.0. The van der Waals surface area contributed by atoms with Gasteiger partial charge in [-0.15, -0.1) is 0 Å². The molecule has 0 radical (unpaired) electrons.